The zero-order valence-electron chi connectivity index (χ0n) is 29.1. The molecular weight excluding hydrogens is 846 g/mol. The fourth-order valence-corrected chi connectivity index (χ4v) is 5.59. The van der Waals surface area contributed by atoms with E-state index in [0.29, 0.717) is 16.4 Å². The first-order valence-electron chi connectivity index (χ1n) is 15.0. The van der Waals surface area contributed by atoms with Gasteiger partial charge in [0.1, 0.15) is 22.9 Å². The second kappa shape index (κ2) is 19.8. The van der Waals surface area contributed by atoms with E-state index in [2.05, 4.69) is 31.7 Å². The molecule has 1 radical (unpaired) electrons. The summed E-state index contributed by atoms with van der Waals surface area (Å²) < 4.78 is 46.5. The average molecular weight is 880 g/mol. The van der Waals surface area contributed by atoms with Crippen molar-refractivity contribution in [1.29, 1.82) is 0 Å². The van der Waals surface area contributed by atoms with E-state index in [0.717, 1.165) is 30.7 Å². The van der Waals surface area contributed by atoms with Gasteiger partial charge in [0, 0.05) is 29.3 Å². The van der Waals surface area contributed by atoms with Gasteiger partial charge in [0.05, 0.1) is 42.7 Å². The number of aliphatic hydroxyl groups excluding tert-OH is 2. The zero-order chi connectivity index (χ0) is 40.4. The molecule has 0 saturated carbocycles. The molecule has 0 fully saturated rings. The number of allylic oxidation sites excluding steroid dienone is 2. The summed E-state index contributed by atoms with van der Waals surface area (Å²) >= 11 is 11.9. The number of azo groups is 1. The van der Waals surface area contributed by atoms with Crippen LogP contribution in [0.2, 0.25) is 10.0 Å². The normalized spacial score (nSPS) is 12.2. The number of amides is 2. The Labute approximate surface area is 336 Å². The van der Waals surface area contributed by atoms with Crippen LogP contribution in [0.15, 0.2) is 128 Å². The maximum absolute atomic E-state index is 12.4. The number of hydrogen-bond donors (Lipinski definition) is 7. The minimum absolute atomic E-state index is 0. The van der Waals surface area contributed by atoms with Crippen LogP contribution >= 0.6 is 23.2 Å². The summed E-state index contributed by atoms with van der Waals surface area (Å²) in [5.41, 5.74) is 5.75. The quantitative estimate of drug-likeness (QED) is 0.0255. The van der Waals surface area contributed by atoms with Crippen LogP contribution in [-0.2, 0) is 46.0 Å². The van der Waals surface area contributed by atoms with Gasteiger partial charge in [-0.25, -0.2) is 16.8 Å². The van der Waals surface area contributed by atoms with Crippen LogP contribution in [0.25, 0.3) is 5.43 Å². The van der Waals surface area contributed by atoms with E-state index in [1.807, 2.05) is 0 Å². The molecule has 0 aliphatic carbocycles. The first kappa shape index (κ1) is 45.8. The van der Waals surface area contributed by atoms with Crippen molar-refractivity contribution in [2.75, 3.05) is 28.6 Å². The Kier molecular flexibility index (Phi) is 16.5. The number of rotatable bonds is 11. The van der Waals surface area contributed by atoms with Gasteiger partial charge in [-0.05, 0) is 80.2 Å². The average Bonchev–Trinajstić information content (AvgIpc) is 3.07. The van der Waals surface area contributed by atoms with Crippen LogP contribution in [0.3, 0.4) is 0 Å². The number of anilines is 3. The Bertz CT molecular complexity index is 2380. The Balaban J connectivity index is 0.000000373. The maximum Gasteiger partial charge on any atom is 0.279 e. The molecule has 0 unspecified atom stereocenters. The molecule has 2 amide bonds. The summed E-state index contributed by atoms with van der Waals surface area (Å²) in [4.78, 5) is 24.6. The third kappa shape index (κ3) is 13.5. The number of nitrogens with one attached hydrogen (secondary N) is 3. The van der Waals surface area contributed by atoms with E-state index in [4.69, 9.17) is 23.2 Å². The van der Waals surface area contributed by atoms with Gasteiger partial charge in [0.2, 0.25) is 5.91 Å². The van der Waals surface area contributed by atoms with Gasteiger partial charge in [0.25, 0.3) is 5.91 Å². The largest absolute Gasteiger partial charge is 0.590 e. The van der Waals surface area contributed by atoms with Crippen LogP contribution in [0.1, 0.15) is 13.8 Å². The van der Waals surface area contributed by atoms with Crippen molar-refractivity contribution in [3.63, 3.8) is 0 Å². The number of aromatic hydroxyl groups is 2. The molecule has 0 aliphatic rings. The van der Waals surface area contributed by atoms with Crippen molar-refractivity contribution < 1.29 is 63.6 Å². The van der Waals surface area contributed by atoms with Gasteiger partial charge >= 0.3 is 0 Å². The van der Waals surface area contributed by atoms with Gasteiger partial charge < -0.3 is 41.9 Å². The van der Waals surface area contributed by atoms with Crippen molar-refractivity contribution in [3.8, 4) is 11.5 Å². The van der Waals surface area contributed by atoms with E-state index in [-0.39, 0.29) is 60.2 Å². The Morgan fingerprint density at radius 1 is 0.673 bits per heavy atom. The number of phenolic OH excluding ortho intramolecular Hbond substituents is 2. The van der Waals surface area contributed by atoms with Crippen molar-refractivity contribution in [2.45, 2.75) is 23.6 Å². The molecule has 0 heterocycles. The minimum atomic E-state index is -3.53. The SMILES string of the molecule is C/C(O)=C(/N=Nc1cc(S(C)(=O)=O)ccc1O)C(=O)Nc1ccccc1Cl.C/C(O)=C(/[N-]Nc1cc(S(C)(=O)=O)ccc1O)C(=O)Nc1ccccc1Cl.[Co]. The second-order valence-corrected chi connectivity index (χ2v) is 15.9. The van der Waals surface area contributed by atoms with E-state index >= 15 is 0 Å². The Morgan fingerprint density at radius 2 is 1.15 bits per heavy atom. The first-order chi connectivity index (χ1) is 25.2. The standard InChI is InChI=1S/C17H17ClN3O5S.C17H16ClN3O5S.Co/c2*1-10(22)16(17(24)19-13-6-4-3-5-12(13)18)21-20-14-9-11(27(2,25)26)7-8-15(14)23;/h3-9,20,23H,1-2H3,(H2,19,22,24);3-9,22-23H,1-2H3,(H,19,24);/q-1;;/b;16-10-,21-20?;. The number of halogens is 2. The molecular formula is C34H33Cl2CoN6O10S2-. The Hall–Kier alpha value is -5.31. The van der Waals surface area contributed by atoms with Crippen molar-refractivity contribution in [3.05, 3.63) is 123 Å². The number of carbonyl (C=O) groups excluding carboxylic acids is 2. The molecule has 4 rings (SSSR count). The number of para-hydroxylation sites is 2. The summed E-state index contributed by atoms with van der Waals surface area (Å²) in [5, 5.41) is 52.0. The van der Waals surface area contributed by atoms with Crippen LogP contribution in [0, 0.1) is 0 Å². The van der Waals surface area contributed by atoms with E-state index < -0.39 is 48.7 Å². The number of benzene rings is 4. The topological polar surface area (TPSA) is 258 Å². The molecule has 0 bridgehead atoms. The van der Waals surface area contributed by atoms with Crippen molar-refractivity contribution in [1.82, 2.24) is 0 Å². The first-order valence-corrected chi connectivity index (χ1v) is 19.6. The van der Waals surface area contributed by atoms with Crippen LogP contribution in [0.5, 0.6) is 11.5 Å². The fourth-order valence-electron chi connectivity index (χ4n) is 3.94. The van der Waals surface area contributed by atoms with Crippen LogP contribution < -0.4 is 16.1 Å². The number of hydrogen-bond acceptors (Lipinski definition) is 13. The number of nitrogens with zero attached hydrogens (tertiary/aromatic N) is 3. The van der Waals surface area contributed by atoms with Crippen LogP contribution in [-0.4, -0.2) is 61.6 Å². The van der Waals surface area contributed by atoms with Crippen molar-refractivity contribution >= 4 is 77.4 Å². The molecule has 0 aromatic heterocycles. The van der Waals surface area contributed by atoms with E-state index in [1.54, 1.807) is 48.5 Å². The number of phenols is 2. The zero-order valence-corrected chi connectivity index (χ0v) is 33.3. The molecule has 0 atom stereocenters. The smallest absolute Gasteiger partial charge is 0.279 e. The molecule has 0 spiro atoms. The molecule has 295 valence electrons. The van der Waals surface area contributed by atoms with Gasteiger partial charge in [-0.2, -0.15) is 0 Å². The van der Waals surface area contributed by atoms with Gasteiger partial charge in [-0.3, -0.25) is 9.59 Å². The predicted octanol–water partition coefficient (Wildman–Crippen LogP) is 7.54. The van der Waals surface area contributed by atoms with Gasteiger partial charge in [0.15, 0.2) is 25.4 Å². The molecule has 0 aliphatic heterocycles. The van der Waals surface area contributed by atoms with E-state index in [9.17, 15) is 46.9 Å². The summed E-state index contributed by atoms with van der Waals surface area (Å²) in [5.74, 6) is -2.99. The van der Waals surface area contributed by atoms with Crippen molar-refractivity contribution in [2.24, 2.45) is 10.2 Å². The third-order valence-corrected chi connectivity index (χ3v) is 9.56. The molecule has 16 nitrogen and oxygen atoms in total. The Morgan fingerprint density at radius 3 is 1.62 bits per heavy atom. The molecule has 4 aromatic rings. The molecule has 4 aromatic carbocycles. The number of sulfone groups is 2. The molecule has 55 heavy (non-hydrogen) atoms. The molecule has 21 heteroatoms. The summed E-state index contributed by atoms with van der Waals surface area (Å²) in [6.45, 7) is 2.48. The predicted molar refractivity (Wildman–Crippen MR) is 205 cm³/mol. The number of aliphatic hydroxyl groups is 2. The maximum atomic E-state index is 12.4. The third-order valence-electron chi connectivity index (χ3n) is 6.68. The van der Waals surface area contributed by atoms with Gasteiger partial charge in [-0.15, -0.1) is 10.2 Å². The summed E-state index contributed by atoms with van der Waals surface area (Å²) in [6.07, 6.45) is 2.01. The molecule has 7 N–H and O–H groups in total. The van der Waals surface area contributed by atoms with E-state index in [1.165, 1.54) is 32.0 Å². The molecule has 0 saturated heterocycles. The second-order valence-electron chi connectivity index (χ2n) is 11.0. The minimum Gasteiger partial charge on any atom is -0.590 e. The van der Waals surface area contributed by atoms with Crippen LogP contribution in [0.4, 0.5) is 22.7 Å². The monoisotopic (exact) mass is 878 g/mol. The summed E-state index contributed by atoms with van der Waals surface area (Å²) in [7, 11) is -7.03. The number of carbonyl (C=O) groups is 2. The van der Waals surface area contributed by atoms with Gasteiger partial charge in [-0.1, -0.05) is 47.5 Å². The fraction of sp³-hybridized carbons (Fsp3) is 0.118. The summed E-state index contributed by atoms with van der Waals surface area (Å²) in [6, 6.07) is 20.0.